The van der Waals surface area contributed by atoms with E-state index in [-0.39, 0.29) is 24.3 Å². The second-order valence-electron chi connectivity index (χ2n) is 6.54. The Kier molecular flexibility index (Phi) is 6.51. The van der Waals surface area contributed by atoms with Crippen molar-refractivity contribution in [2.24, 2.45) is 5.92 Å². The summed E-state index contributed by atoms with van der Waals surface area (Å²) in [6.45, 7) is 4.22. The maximum Gasteiger partial charge on any atom is 0.288 e. The molecule has 138 valence electrons. The first-order valence-corrected chi connectivity index (χ1v) is 10.1. The van der Waals surface area contributed by atoms with Gasteiger partial charge in [0.1, 0.15) is 0 Å². The number of amides is 1. The molecule has 5 nitrogen and oxygen atoms in total. The maximum atomic E-state index is 12.8. The molecular formula is C19H27NO4S. The molecule has 0 aromatic carbocycles. The van der Waals surface area contributed by atoms with E-state index in [1.165, 1.54) is 4.88 Å². The zero-order valence-corrected chi connectivity index (χ0v) is 15.5. The van der Waals surface area contributed by atoms with Crippen LogP contribution in [0.15, 0.2) is 29.3 Å². The molecule has 0 spiro atoms. The summed E-state index contributed by atoms with van der Waals surface area (Å²) in [5, 5.41) is 11.3. The molecule has 1 aromatic heterocycles. The number of likely N-dealkylation sites (tertiary alicyclic amines) is 1. The third-order valence-corrected chi connectivity index (χ3v) is 5.86. The third-order valence-electron chi connectivity index (χ3n) is 4.89. The monoisotopic (exact) mass is 365 g/mol. The van der Waals surface area contributed by atoms with Crippen LogP contribution in [0.1, 0.15) is 43.4 Å². The van der Waals surface area contributed by atoms with Crippen LogP contribution in [0.3, 0.4) is 0 Å². The van der Waals surface area contributed by atoms with Crippen LogP contribution in [0, 0.1) is 5.92 Å². The Morgan fingerprint density at radius 2 is 2.24 bits per heavy atom. The molecule has 0 unspecified atom stereocenters. The van der Waals surface area contributed by atoms with Crippen molar-refractivity contribution in [2.75, 3.05) is 26.3 Å². The van der Waals surface area contributed by atoms with Gasteiger partial charge in [-0.25, -0.2) is 0 Å². The van der Waals surface area contributed by atoms with Gasteiger partial charge in [0.2, 0.25) is 6.29 Å². The van der Waals surface area contributed by atoms with Crippen LogP contribution >= 0.6 is 11.3 Å². The Morgan fingerprint density at radius 1 is 1.44 bits per heavy atom. The van der Waals surface area contributed by atoms with Gasteiger partial charge in [0.25, 0.3) is 5.91 Å². The van der Waals surface area contributed by atoms with Crippen LogP contribution in [0.2, 0.25) is 0 Å². The highest BCUT2D eigenvalue weighted by atomic mass is 32.1. The number of hydrogen-bond acceptors (Lipinski definition) is 5. The number of thiophene rings is 1. The first-order valence-electron chi connectivity index (χ1n) is 9.18. The average molecular weight is 365 g/mol. The lowest BCUT2D eigenvalue weighted by Gasteiger charge is -2.37. The van der Waals surface area contributed by atoms with Crippen LogP contribution in [-0.2, 0) is 14.3 Å². The lowest BCUT2D eigenvalue weighted by atomic mass is 9.84. The minimum absolute atomic E-state index is 0.0237. The number of carbonyl (C=O) groups excluding carboxylic acids is 1. The van der Waals surface area contributed by atoms with Gasteiger partial charge in [-0.1, -0.05) is 6.07 Å². The van der Waals surface area contributed by atoms with Crippen molar-refractivity contribution in [3.05, 3.63) is 34.2 Å². The van der Waals surface area contributed by atoms with Crippen molar-refractivity contribution >= 4 is 17.2 Å². The molecule has 3 rings (SSSR count). The van der Waals surface area contributed by atoms with E-state index in [0.717, 1.165) is 32.4 Å². The molecular weight excluding hydrogens is 338 g/mol. The number of aliphatic hydroxyl groups excluding tert-OH is 1. The van der Waals surface area contributed by atoms with Crippen LogP contribution in [-0.4, -0.2) is 48.5 Å². The van der Waals surface area contributed by atoms with E-state index in [4.69, 9.17) is 9.47 Å². The van der Waals surface area contributed by atoms with E-state index in [2.05, 4.69) is 11.4 Å². The summed E-state index contributed by atoms with van der Waals surface area (Å²) >= 11 is 1.69. The molecule has 6 heteroatoms. The summed E-state index contributed by atoms with van der Waals surface area (Å²) in [6, 6.07) is 4.13. The van der Waals surface area contributed by atoms with Gasteiger partial charge in [0, 0.05) is 43.0 Å². The van der Waals surface area contributed by atoms with Gasteiger partial charge in [-0.15, -0.1) is 11.3 Å². The van der Waals surface area contributed by atoms with E-state index in [1.807, 2.05) is 24.0 Å². The highest BCUT2D eigenvalue weighted by molar-refractivity contribution is 7.10. The number of carbonyl (C=O) groups is 1. The number of rotatable bonds is 7. The van der Waals surface area contributed by atoms with E-state index in [9.17, 15) is 9.90 Å². The first-order chi connectivity index (χ1) is 12.2. The lowest BCUT2D eigenvalue weighted by molar-refractivity contribution is -0.169. The second kappa shape index (κ2) is 8.83. The van der Waals surface area contributed by atoms with E-state index < -0.39 is 6.29 Å². The van der Waals surface area contributed by atoms with Crippen molar-refractivity contribution < 1.29 is 19.4 Å². The van der Waals surface area contributed by atoms with E-state index >= 15 is 0 Å². The summed E-state index contributed by atoms with van der Waals surface area (Å²) < 4.78 is 11.9. The molecule has 2 aliphatic rings. The van der Waals surface area contributed by atoms with Crippen molar-refractivity contribution in [1.82, 2.24) is 4.90 Å². The van der Waals surface area contributed by atoms with Crippen molar-refractivity contribution in [1.29, 1.82) is 0 Å². The van der Waals surface area contributed by atoms with Gasteiger partial charge < -0.3 is 19.5 Å². The number of nitrogens with zero attached hydrogens (tertiary/aromatic N) is 1. The van der Waals surface area contributed by atoms with Gasteiger partial charge in [-0.05, 0) is 50.1 Å². The smallest absolute Gasteiger partial charge is 0.288 e. The summed E-state index contributed by atoms with van der Waals surface area (Å²) in [7, 11) is 0. The van der Waals surface area contributed by atoms with Crippen LogP contribution in [0.25, 0.3) is 0 Å². The van der Waals surface area contributed by atoms with Gasteiger partial charge in [-0.3, -0.25) is 4.79 Å². The number of aliphatic hydroxyl groups is 1. The molecule has 1 amide bonds. The van der Waals surface area contributed by atoms with Crippen molar-refractivity contribution in [3.8, 4) is 0 Å². The molecule has 0 saturated carbocycles. The topological polar surface area (TPSA) is 59.0 Å². The Labute approximate surface area is 153 Å². The molecule has 1 fully saturated rings. The molecule has 3 heterocycles. The molecule has 2 aliphatic heterocycles. The number of allylic oxidation sites excluding steroid dienone is 1. The zero-order valence-electron chi connectivity index (χ0n) is 14.7. The second-order valence-corrected chi connectivity index (χ2v) is 7.52. The molecule has 1 N–H and O–H groups in total. The maximum absolute atomic E-state index is 12.8. The molecule has 25 heavy (non-hydrogen) atoms. The fourth-order valence-corrected chi connectivity index (χ4v) is 4.52. The summed E-state index contributed by atoms with van der Waals surface area (Å²) in [5.41, 5.74) is 0. The zero-order chi connectivity index (χ0) is 17.6. The SMILES string of the molecule is CCO[C@H]1OC(C(=O)N2CCCC2)=C[C@@H](c2cccs2)[C@@H]1CCCO. The fourth-order valence-electron chi connectivity index (χ4n) is 3.64. The normalized spacial score (nSPS) is 26.4. The Bertz CT molecular complexity index is 580. The fraction of sp³-hybridized carbons (Fsp3) is 0.632. The standard InChI is InChI=1S/C19H27NO4S/c1-2-23-19-14(7-5-11-21)15(17-8-6-12-25-17)13-16(24-19)18(22)20-9-3-4-10-20/h6,8,12-15,19,21H,2-5,7,9-11H2,1H3/t14-,15+,19-/m0/s1. The minimum Gasteiger partial charge on any atom is -0.459 e. The minimum atomic E-state index is -0.449. The molecule has 0 radical (unpaired) electrons. The molecule has 1 saturated heterocycles. The quantitative estimate of drug-likeness (QED) is 0.807. The molecule has 1 aromatic rings. The van der Waals surface area contributed by atoms with Crippen LogP contribution in [0.4, 0.5) is 0 Å². The summed E-state index contributed by atoms with van der Waals surface area (Å²) in [4.78, 5) is 15.9. The third kappa shape index (κ3) is 4.25. The van der Waals surface area contributed by atoms with Gasteiger partial charge in [0.15, 0.2) is 5.76 Å². The summed E-state index contributed by atoms with van der Waals surface area (Å²) in [5.74, 6) is 0.572. The predicted molar refractivity (Wildman–Crippen MR) is 97.3 cm³/mol. The van der Waals surface area contributed by atoms with Crippen LogP contribution < -0.4 is 0 Å². The first kappa shape index (κ1) is 18.4. The van der Waals surface area contributed by atoms with E-state index in [1.54, 1.807) is 11.3 Å². The van der Waals surface area contributed by atoms with E-state index in [0.29, 0.717) is 18.8 Å². The highest BCUT2D eigenvalue weighted by Crippen LogP contribution is 2.41. The predicted octanol–water partition coefficient (Wildman–Crippen LogP) is 3.12. The molecule has 0 aliphatic carbocycles. The van der Waals surface area contributed by atoms with Crippen LogP contribution in [0.5, 0.6) is 0 Å². The Hall–Kier alpha value is -1.37. The largest absolute Gasteiger partial charge is 0.459 e. The average Bonchev–Trinajstić information content (AvgIpc) is 3.33. The lowest BCUT2D eigenvalue weighted by Crippen LogP contribution is -2.39. The highest BCUT2D eigenvalue weighted by Gasteiger charge is 2.39. The van der Waals surface area contributed by atoms with Gasteiger partial charge in [-0.2, -0.15) is 0 Å². The van der Waals surface area contributed by atoms with Gasteiger partial charge >= 0.3 is 0 Å². The number of hydrogen-bond donors (Lipinski definition) is 1. The number of ether oxygens (including phenoxy) is 2. The van der Waals surface area contributed by atoms with Crippen molar-refractivity contribution in [3.63, 3.8) is 0 Å². The Balaban J connectivity index is 1.88. The Morgan fingerprint density at radius 3 is 2.88 bits per heavy atom. The van der Waals surface area contributed by atoms with Crippen molar-refractivity contribution in [2.45, 2.75) is 44.8 Å². The van der Waals surface area contributed by atoms with Gasteiger partial charge in [0.05, 0.1) is 0 Å². The molecule has 0 bridgehead atoms. The summed E-state index contributed by atoms with van der Waals surface area (Å²) in [6.07, 6.45) is 5.14. The molecule has 3 atom stereocenters.